The molecule has 1 rings (SSSR count). The normalized spacial score (nSPS) is 18.4. The van der Waals surface area contributed by atoms with Crippen molar-refractivity contribution in [3.05, 3.63) is 0 Å². The number of hydrogen-bond donors (Lipinski definition) is 1. The number of hydrogen-bond acceptors (Lipinski definition) is 4. The molecule has 0 radical (unpaired) electrons. The van der Waals surface area contributed by atoms with Crippen LogP contribution in [0, 0.1) is 5.41 Å². The van der Waals surface area contributed by atoms with Gasteiger partial charge < -0.3 is 15.2 Å². The van der Waals surface area contributed by atoms with Crippen LogP contribution in [0.25, 0.3) is 0 Å². The molecule has 0 heterocycles. The number of ether oxygens (including phenoxy) is 2. The Bertz CT molecular complexity index is 164. The van der Waals surface area contributed by atoms with Crippen LogP contribution in [0.1, 0.15) is 12.8 Å². The number of rotatable bonds is 9. The molecule has 15 heavy (non-hydrogen) atoms. The minimum Gasteiger partial charge on any atom is -0.383 e. The average Bonchev–Trinajstić information content (AvgIpc) is 3.03. The number of nitrogens with zero attached hydrogens (tertiary/aromatic N) is 1. The zero-order valence-electron chi connectivity index (χ0n) is 10.00. The van der Waals surface area contributed by atoms with E-state index in [4.69, 9.17) is 15.2 Å². The second kappa shape index (κ2) is 6.43. The van der Waals surface area contributed by atoms with E-state index in [1.165, 1.54) is 12.8 Å². The van der Waals surface area contributed by atoms with Crippen LogP contribution in [0.3, 0.4) is 0 Å². The molecule has 0 bridgehead atoms. The van der Waals surface area contributed by atoms with E-state index in [1.807, 2.05) is 0 Å². The molecule has 0 aromatic carbocycles. The van der Waals surface area contributed by atoms with Crippen LogP contribution in [0.15, 0.2) is 0 Å². The molecule has 4 heteroatoms. The molecule has 0 aromatic rings. The molecular weight excluding hydrogens is 192 g/mol. The summed E-state index contributed by atoms with van der Waals surface area (Å²) in [5.74, 6) is 0. The third kappa shape index (κ3) is 4.47. The molecule has 1 aliphatic rings. The second-order valence-electron chi connectivity index (χ2n) is 4.47. The second-order valence-corrected chi connectivity index (χ2v) is 4.47. The average molecular weight is 216 g/mol. The zero-order valence-corrected chi connectivity index (χ0v) is 10.00. The van der Waals surface area contributed by atoms with Gasteiger partial charge in [-0.2, -0.15) is 0 Å². The Morgan fingerprint density at radius 2 is 1.67 bits per heavy atom. The summed E-state index contributed by atoms with van der Waals surface area (Å²) in [4.78, 5) is 2.40. The highest BCUT2D eigenvalue weighted by Crippen LogP contribution is 2.44. The Labute approximate surface area is 92.7 Å². The van der Waals surface area contributed by atoms with Gasteiger partial charge in [0.25, 0.3) is 0 Å². The number of nitrogens with two attached hydrogens (primary N) is 1. The largest absolute Gasteiger partial charge is 0.383 e. The Kier molecular flexibility index (Phi) is 5.53. The van der Waals surface area contributed by atoms with Gasteiger partial charge in [-0.25, -0.2) is 0 Å². The van der Waals surface area contributed by atoms with Crippen molar-refractivity contribution in [2.24, 2.45) is 11.1 Å². The molecular formula is C11H24N2O2. The maximum atomic E-state index is 5.79. The minimum atomic E-state index is 0.404. The van der Waals surface area contributed by atoms with Crippen molar-refractivity contribution in [1.29, 1.82) is 0 Å². The Morgan fingerprint density at radius 3 is 2.00 bits per heavy atom. The molecule has 90 valence electrons. The smallest absolute Gasteiger partial charge is 0.0589 e. The maximum absolute atomic E-state index is 5.79. The van der Waals surface area contributed by atoms with Gasteiger partial charge in [0.2, 0.25) is 0 Å². The van der Waals surface area contributed by atoms with Crippen LogP contribution in [0.5, 0.6) is 0 Å². The summed E-state index contributed by atoms with van der Waals surface area (Å²) in [5.41, 5.74) is 6.19. The molecule has 1 aliphatic carbocycles. The fraction of sp³-hybridized carbons (Fsp3) is 1.00. The predicted octanol–water partition coefficient (Wildman–Crippen LogP) is 0.320. The maximum Gasteiger partial charge on any atom is 0.0589 e. The van der Waals surface area contributed by atoms with Crippen LogP contribution in [-0.4, -0.2) is 58.5 Å². The number of methoxy groups -OCH3 is 2. The SMILES string of the molecule is COCCN(CCOC)CC1(CN)CC1. The first-order valence-electron chi connectivity index (χ1n) is 5.66. The molecule has 1 saturated carbocycles. The summed E-state index contributed by atoms with van der Waals surface area (Å²) < 4.78 is 10.2. The molecule has 0 aliphatic heterocycles. The summed E-state index contributed by atoms with van der Waals surface area (Å²) in [7, 11) is 3.48. The van der Waals surface area contributed by atoms with Crippen molar-refractivity contribution in [3.8, 4) is 0 Å². The standard InChI is InChI=1S/C11H24N2O2/c1-14-7-5-13(6-8-15-2)10-11(9-12)3-4-11/h3-10,12H2,1-2H3. The highest BCUT2D eigenvalue weighted by molar-refractivity contribution is 4.96. The van der Waals surface area contributed by atoms with E-state index in [2.05, 4.69) is 4.90 Å². The van der Waals surface area contributed by atoms with Crippen LogP contribution in [0.2, 0.25) is 0 Å². The molecule has 0 aromatic heterocycles. The van der Waals surface area contributed by atoms with E-state index in [1.54, 1.807) is 14.2 Å². The molecule has 1 fully saturated rings. The minimum absolute atomic E-state index is 0.404. The van der Waals surface area contributed by atoms with E-state index in [0.717, 1.165) is 39.4 Å². The molecule has 2 N–H and O–H groups in total. The Hall–Kier alpha value is -0.160. The first kappa shape index (κ1) is 12.9. The van der Waals surface area contributed by atoms with E-state index < -0.39 is 0 Å². The molecule has 0 saturated heterocycles. The van der Waals surface area contributed by atoms with Crippen molar-refractivity contribution in [1.82, 2.24) is 4.90 Å². The van der Waals surface area contributed by atoms with Crippen molar-refractivity contribution in [3.63, 3.8) is 0 Å². The van der Waals surface area contributed by atoms with Gasteiger partial charge in [-0.3, -0.25) is 4.90 Å². The third-order valence-corrected chi connectivity index (χ3v) is 3.17. The Morgan fingerprint density at radius 1 is 1.13 bits per heavy atom. The summed E-state index contributed by atoms with van der Waals surface area (Å²) in [6.07, 6.45) is 2.56. The van der Waals surface area contributed by atoms with Crippen molar-refractivity contribution >= 4 is 0 Å². The van der Waals surface area contributed by atoms with E-state index in [-0.39, 0.29) is 0 Å². The predicted molar refractivity (Wildman–Crippen MR) is 60.9 cm³/mol. The van der Waals surface area contributed by atoms with Gasteiger partial charge >= 0.3 is 0 Å². The van der Waals surface area contributed by atoms with Crippen molar-refractivity contribution in [2.75, 3.05) is 53.6 Å². The monoisotopic (exact) mass is 216 g/mol. The van der Waals surface area contributed by atoms with Crippen molar-refractivity contribution in [2.45, 2.75) is 12.8 Å². The molecule has 0 spiro atoms. The highest BCUT2D eigenvalue weighted by atomic mass is 16.5. The topological polar surface area (TPSA) is 47.7 Å². The molecule has 0 unspecified atom stereocenters. The summed E-state index contributed by atoms with van der Waals surface area (Å²) in [5, 5.41) is 0. The first-order chi connectivity index (χ1) is 7.26. The molecule has 0 amide bonds. The van der Waals surface area contributed by atoms with E-state index in [9.17, 15) is 0 Å². The van der Waals surface area contributed by atoms with Crippen molar-refractivity contribution < 1.29 is 9.47 Å². The lowest BCUT2D eigenvalue weighted by Crippen LogP contribution is -2.38. The van der Waals surface area contributed by atoms with Gasteiger partial charge in [-0.05, 0) is 24.8 Å². The highest BCUT2D eigenvalue weighted by Gasteiger charge is 2.42. The fourth-order valence-electron chi connectivity index (χ4n) is 1.79. The summed E-state index contributed by atoms with van der Waals surface area (Å²) in [6.45, 7) is 5.41. The van der Waals surface area contributed by atoms with Crippen LogP contribution in [0.4, 0.5) is 0 Å². The van der Waals surface area contributed by atoms with Gasteiger partial charge in [0, 0.05) is 33.9 Å². The summed E-state index contributed by atoms with van der Waals surface area (Å²) in [6, 6.07) is 0. The van der Waals surface area contributed by atoms with Gasteiger partial charge in [0.05, 0.1) is 13.2 Å². The van der Waals surface area contributed by atoms with Crippen LogP contribution < -0.4 is 5.73 Å². The van der Waals surface area contributed by atoms with E-state index in [0.29, 0.717) is 5.41 Å². The van der Waals surface area contributed by atoms with Crippen LogP contribution in [-0.2, 0) is 9.47 Å². The van der Waals surface area contributed by atoms with Crippen LogP contribution >= 0.6 is 0 Å². The Balaban J connectivity index is 2.27. The first-order valence-corrected chi connectivity index (χ1v) is 5.66. The fourth-order valence-corrected chi connectivity index (χ4v) is 1.79. The molecule has 0 atom stereocenters. The quantitative estimate of drug-likeness (QED) is 0.603. The third-order valence-electron chi connectivity index (χ3n) is 3.17. The van der Waals surface area contributed by atoms with Gasteiger partial charge in [-0.15, -0.1) is 0 Å². The zero-order chi connectivity index (χ0) is 11.1. The van der Waals surface area contributed by atoms with E-state index >= 15 is 0 Å². The summed E-state index contributed by atoms with van der Waals surface area (Å²) >= 11 is 0. The van der Waals surface area contributed by atoms with Gasteiger partial charge in [0.15, 0.2) is 0 Å². The lowest BCUT2D eigenvalue weighted by molar-refractivity contribution is 0.101. The van der Waals surface area contributed by atoms with Gasteiger partial charge in [0.1, 0.15) is 0 Å². The lowest BCUT2D eigenvalue weighted by Gasteiger charge is -2.26. The molecule has 4 nitrogen and oxygen atoms in total. The van der Waals surface area contributed by atoms with Gasteiger partial charge in [-0.1, -0.05) is 0 Å². The lowest BCUT2D eigenvalue weighted by atomic mass is 10.1.